The molecule has 2 rings (SSSR count). The summed E-state index contributed by atoms with van der Waals surface area (Å²) in [4.78, 5) is 30.6. The molecule has 1 aromatic carbocycles. The van der Waals surface area contributed by atoms with Crippen LogP contribution in [0.5, 0.6) is 5.75 Å². The van der Waals surface area contributed by atoms with Crippen LogP contribution in [-0.2, 0) is 14.4 Å². The topological polar surface area (TPSA) is 72.5 Å². The predicted molar refractivity (Wildman–Crippen MR) is 72.7 cm³/mol. The third-order valence-corrected chi connectivity index (χ3v) is 2.70. The fraction of sp³-hybridized carbons (Fsp3) is 0.400. The van der Waals surface area contributed by atoms with Crippen molar-refractivity contribution in [2.75, 3.05) is 0 Å². The monoisotopic (exact) mass is 298 g/mol. The van der Waals surface area contributed by atoms with Crippen LogP contribution in [0.4, 0.5) is 0 Å². The Morgan fingerprint density at radius 1 is 1.29 bits per heavy atom. The summed E-state index contributed by atoms with van der Waals surface area (Å²) in [7, 11) is 0. The van der Waals surface area contributed by atoms with Gasteiger partial charge < -0.3 is 9.53 Å². The van der Waals surface area contributed by atoms with Crippen LogP contribution in [-0.4, -0.2) is 18.3 Å². The third kappa shape index (κ3) is 7.99. The van der Waals surface area contributed by atoms with Crippen LogP contribution in [0.25, 0.3) is 0 Å². The fourth-order valence-corrected chi connectivity index (χ4v) is 1.61. The maximum Gasteiger partial charge on any atom is 1.00 e. The van der Waals surface area contributed by atoms with Gasteiger partial charge in [0.05, 0.1) is 0 Å². The van der Waals surface area contributed by atoms with E-state index in [-0.39, 0.29) is 41.4 Å². The molecular weight excluding hydrogens is 281 g/mol. The standard InChI is InChI=1S/C10H10O2.C5H7NO2.Na/c1-8(2)9-4-3-5-10(6-9)12-7-11;7-4-2-1-3-5(8)6-4;/h3-4,6,8H,1-2H3;1-3H2,(H,6,7,8);/q-2;;+1. The summed E-state index contributed by atoms with van der Waals surface area (Å²) in [5.74, 6) is 0.576. The quantitative estimate of drug-likeness (QED) is 0.435. The summed E-state index contributed by atoms with van der Waals surface area (Å²) in [5, 5.41) is 2.20. The molecule has 1 N–H and O–H groups in total. The maximum absolute atomic E-state index is 10.3. The van der Waals surface area contributed by atoms with E-state index in [4.69, 9.17) is 0 Å². The molecule has 0 aromatic heterocycles. The Labute approximate surface area is 146 Å². The van der Waals surface area contributed by atoms with Gasteiger partial charge in [-0.3, -0.25) is 14.9 Å². The van der Waals surface area contributed by atoms with Crippen molar-refractivity contribution < 1.29 is 48.7 Å². The minimum absolute atomic E-state index is 0. The summed E-state index contributed by atoms with van der Waals surface area (Å²) in [6.45, 7) is 5.52. The van der Waals surface area contributed by atoms with Crippen LogP contribution in [0.1, 0.15) is 44.6 Å². The molecule has 1 fully saturated rings. The molecule has 0 aliphatic carbocycles. The van der Waals surface area contributed by atoms with Gasteiger partial charge in [0, 0.05) is 12.8 Å². The van der Waals surface area contributed by atoms with E-state index in [9.17, 15) is 14.4 Å². The molecule has 0 unspecified atom stereocenters. The van der Waals surface area contributed by atoms with E-state index in [1.165, 1.54) is 6.47 Å². The van der Waals surface area contributed by atoms with Gasteiger partial charge in [-0.1, -0.05) is 13.8 Å². The number of imide groups is 1. The molecule has 6 heteroatoms. The molecule has 1 aliphatic rings. The van der Waals surface area contributed by atoms with Crippen LogP contribution in [0.15, 0.2) is 18.2 Å². The van der Waals surface area contributed by atoms with Crippen LogP contribution in [0, 0.1) is 6.07 Å². The molecule has 1 saturated heterocycles. The molecular formula is C15H17NNaO4-. The summed E-state index contributed by atoms with van der Waals surface area (Å²) in [5.41, 5.74) is 1.12. The third-order valence-electron chi connectivity index (χ3n) is 2.70. The largest absolute Gasteiger partial charge is 1.00 e. The number of nitrogens with one attached hydrogen (secondary N) is 1. The first kappa shape index (κ1) is 19.8. The number of hydrogen-bond acceptors (Lipinski definition) is 4. The Balaban J connectivity index is 0.000000390. The molecule has 0 bridgehead atoms. The average Bonchev–Trinajstić information content (AvgIpc) is 2.40. The van der Waals surface area contributed by atoms with Gasteiger partial charge in [0.2, 0.25) is 11.8 Å². The van der Waals surface area contributed by atoms with Gasteiger partial charge in [-0.15, -0.1) is 5.75 Å². The Morgan fingerprint density at radius 2 is 1.90 bits per heavy atom. The predicted octanol–water partition coefficient (Wildman–Crippen LogP) is -1.13. The molecule has 0 spiro atoms. The number of carbonyl (C=O) groups is 2. The number of ether oxygens (including phenoxy) is 1. The Hall–Kier alpha value is -1.17. The molecule has 0 radical (unpaired) electrons. The zero-order chi connectivity index (χ0) is 15.0. The maximum atomic E-state index is 10.3. The normalized spacial score (nSPS) is 13.5. The molecule has 2 amide bonds. The number of benzene rings is 1. The SMILES string of the molecule is CC(C)c1cc[c-]c(O[C-]=O)c1.O=C1CCCC(=O)N1.[Na+]. The summed E-state index contributed by atoms with van der Waals surface area (Å²) in [6.07, 6.45) is 1.72. The van der Waals surface area contributed by atoms with Gasteiger partial charge in [0.1, 0.15) is 0 Å². The van der Waals surface area contributed by atoms with Gasteiger partial charge in [-0.2, -0.15) is 17.7 Å². The van der Waals surface area contributed by atoms with E-state index >= 15 is 0 Å². The van der Waals surface area contributed by atoms with Crippen molar-refractivity contribution in [3.05, 3.63) is 29.8 Å². The van der Waals surface area contributed by atoms with E-state index in [0.29, 0.717) is 30.9 Å². The minimum Gasteiger partial charge on any atom is -0.634 e. The second-order valence-corrected chi connectivity index (χ2v) is 4.65. The van der Waals surface area contributed by atoms with Gasteiger partial charge in [-0.05, 0) is 12.3 Å². The van der Waals surface area contributed by atoms with Crippen molar-refractivity contribution in [1.29, 1.82) is 0 Å². The van der Waals surface area contributed by atoms with Gasteiger partial charge in [0.15, 0.2) is 6.47 Å². The first-order chi connectivity index (χ1) is 9.52. The molecule has 1 aromatic rings. The molecule has 0 atom stereocenters. The van der Waals surface area contributed by atoms with E-state index < -0.39 is 0 Å². The molecule has 108 valence electrons. The summed E-state index contributed by atoms with van der Waals surface area (Å²) >= 11 is 0. The van der Waals surface area contributed by atoms with Crippen LogP contribution in [0.2, 0.25) is 0 Å². The second kappa shape index (κ2) is 10.5. The number of amides is 2. The number of piperidine rings is 1. The molecule has 21 heavy (non-hydrogen) atoms. The van der Waals surface area contributed by atoms with Crippen molar-refractivity contribution in [3.63, 3.8) is 0 Å². The van der Waals surface area contributed by atoms with E-state index in [2.05, 4.69) is 30.0 Å². The fourth-order valence-electron chi connectivity index (χ4n) is 1.61. The van der Waals surface area contributed by atoms with E-state index in [0.717, 1.165) is 5.56 Å². The Bertz CT molecular complexity index is 474. The van der Waals surface area contributed by atoms with Crippen LogP contribution >= 0.6 is 0 Å². The van der Waals surface area contributed by atoms with Crippen molar-refractivity contribution in [3.8, 4) is 5.75 Å². The molecule has 1 heterocycles. The smallest absolute Gasteiger partial charge is 0.634 e. The average molecular weight is 298 g/mol. The van der Waals surface area contributed by atoms with E-state index in [1.54, 1.807) is 12.1 Å². The molecule has 5 nitrogen and oxygen atoms in total. The van der Waals surface area contributed by atoms with Crippen LogP contribution in [0.3, 0.4) is 0 Å². The first-order valence-electron chi connectivity index (χ1n) is 6.41. The Kier molecular flexibility index (Phi) is 9.95. The second-order valence-electron chi connectivity index (χ2n) is 4.65. The van der Waals surface area contributed by atoms with Crippen molar-refractivity contribution in [1.82, 2.24) is 5.32 Å². The molecule has 0 saturated carbocycles. The van der Waals surface area contributed by atoms with Crippen molar-refractivity contribution in [2.24, 2.45) is 0 Å². The zero-order valence-corrected chi connectivity index (χ0v) is 14.6. The molecule has 1 aliphatic heterocycles. The number of rotatable bonds is 3. The van der Waals surface area contributed by atoms with Gasteiger partial charge >= 0.3 is 29.6 Å². The summed E-state index contributed by atoms with van der Waals surface area (Å²) < 4.78 is 4.54. The van der Waals surface area contributed by atoms with Crippen LogP contribution < -0.4 is 39.6 Å². The zero-order valence-electron chi connectivity index (χ0n) is 12.6. The minimum atomic E-state index is -0.138. The van der Waals surface area contributed by atoms with Crippen molar-refractivity contribution in [2.45, 2.75) is 39.0 Å². The number of carbonyl (C=O) groups excluding carboxylic acids is 3. The first-order valence-corrected chi connectivity index (χ1v) is 6.41. The van der Waals surface area contributed by atoms with E-state index in [1.807, 2.05) is 6.07 Å². The number of hydrogen-bond donors (Lipinski definition) is 1. The summed E-state index contributed by atoms with van der Waals surface area (Å²) in [6, 6.07) is 8.25. The Morgan fingerprint density at radius 3 is 2.33 bits per heavy atom. The van der Waals surface area contributed by atoms with Gasteiger partial charge in [-0.25, -0.2) is 12.1 Å². The van der Waals surface area contributed by atoms with Crippen molar-refractivity contribution >= 4 is 18.3 Å². The van der Waals surface area contributed by atoms with Gasteiger partial charge in [0.25, 0.3) is 0 Å².